The molecule has 1 fully saturated rings. The quantitative estimate of drug-likeness (QED) is 0.616. The molecule has 2 heterocycles. The van der Waals surface area contributed by atoms with Gasteiger partial charge in [-0.15, -0.1) is 10.2 Å². The van der Waals surface area contributed by atoms with Crippen molar-refractivity contribution in [3.8, 4) is 0 Å². The van der Waals surface area contributed by atoms with Gasteiger partial charge in [0.25, 0.3) is 5.91 Å². The number of anilines is 1. The average Bonchev–Trinajstić information content (AvgIpc) is 3.41. The van der Waals surface area contributed by atoms with Crippen LogP contribution in [-0.2, 0) is 10.0 Å². The van der Waals surface area contributed by atoms with E-state index in [1.807, 2.05) is 0 Å². The van der Waals surface area contributed by atoms with Gasteiger partial charge < -0.3 is 5.32 Å². The molecule has 1 saturated heterocycles. The highest BCUT2D eigenvalue weighted by Gasteiger charge is 2.38. The number of hydrogen-bond acceptors (Lipinski definition) is 6. The fourth-order valence-electron chi connectivity index (χ4n) is 3.23. The van der Waals surface area contributed by atoms with Crippen LogP contribution in [0.2, 0.25) is 0 Å². The molecule has 0 spiro atoms. The van der Waals surface area contributed by atoms with E-state index in [0.29, 0.717) is 29.6 Å². The molecule has 0 saturated carbocycles. The zero-order valence-electron chi connectivity index (χ0n) is 15.8. The molecule has 1 unspecified atom stereocenters. The first-order valence-electron chi connectivity index (χ1n) is 9.13. The molecule has 1 atom stereocenters. The Kier molecular flexibility index (Phi) is 5.77. The van der Waals surface area contributed by atoms with Crippen molar-refractivity contribution in [2.45, 2.75) is 23.8 Å². The van der Waals surface area contributed by atoms with Crippen molar-refractivity contribution < 1.29 is 26.4 Å². The van der Waals surface area contributed by atoms with Crippen LogP contribution in [-0.4, -0.2) is 35.4 Å². The van der Waals surface area contributed by atoms with Gasteiger partial charge in [0, 0.05) is 12.2 Å². The third kappa shape index (κ3) is 4.31. The SMILES string of the molecule is O=C(Nc1ccc(F)cc1)c1nnc(C2CCCN2S(=O)(=O)c2ccc(F)c(F)c2)s1. The van der Waals surface area contributed by atoms with Crippen molar-refractivity contribution in [2.75, 3.05) is 11.9 Å². The van der Waals surface area contributed by atoms with Gasteiger partial charge in [-0.05, 0) is 55.3 Å². The minimum absolute atomic E-state index is 0.0106. The number of amides is 1. The zero-order valence-corrected chi connectivity index (χ0v) is 17.4. The third-order valence-electron chi connectivity index (χ3n) is 4.72. The summed E-state index contributed by atoms with van der Waals surface area (Å²) in [6.07, 6.45) is 0.974. The standard InChI is InChI=1S/C19H15F3N4O3S2/c20-11-3-5-12(6-4-11)23-17(27)19-25-24-18(30-19)16-2-1-9-26(16)31(28,29)13-7-8-14(21)15(22)10-13/h3-8,10,16H,1-2,9H2,(H,23,27). The van der Waals surface area contributed by atoms with Crippen molar-refractivity contribution in [1.29, 1.82) is 0 Å². The fourth-order valence-corrected chi connectivity index (χ4v) is 5.85. The van der Waals surface area contributed by atoms with Crippen LogP contribution in [0.15, 0.2) is 47.4 Å². The van der Waals surface area contributed by atoms with E-state index in [9.17, 15) is 26.4 Å². The number of halogens is 3. The fraction of sp³-hybridized carbons (Fsp3) is 0.211. The summed E-state index contributed by atoms with van der Waals surface area (Å²) in [7, 11) is -4.11. The predicted octanol–water partition coefficient (Wildman–Crippen LogP) is 3.73. The summed E-state index contributed by atoms with van der Waals surface area (Å²) >= 11 is 0.933. The van der Waals surface area contributed by atoms with Crippen LogP contribution in [0.4, 0.5) is 18.9 Å². The molecular formula is C19H15F3N4O3S2. The van der Waals surface area contributed by atoms with E-state index >= 15 is 0 Å². The number of hydrogen-bond donors (Lipinski definition) is 1. The first-order valence-corrected chi connectivity index (χ1v) is 11.4. The van der Waals surface area contributed by atoms with Crippen LogP contribution >= 0.6 is 11.3 Å². The van der Waals surface area contributed by atoms with Gasteiger partial charge in [-0.2, -0.15) is 4.31 Å². The van der Waals surface area contributed by atoms with Gasteiger partial charge in [0.15, 0.2) is 11.6 Å². The number of nitrogens with one attached hydrogen (secondary N) is 1. The van der Waals surface area contributed by atoms with Gasteiger partial charge in [-0.3, -0.25) is 4.79 Å². The van der Waals surface area contributed by atoms with Crippen molar-refractivity contribution in [1.82, 2.24) is 14.5 Å². The van der Waals surface area contributed by atoms with E-state index in [1.165, 1.54) is 24.3 Å². The summed E-state index contributed by atoms with van der Waals surface area (Å²) < 4.78 is 66.9. The third-order valence-corrected chi connectivity index (χ3v) is 7.65. The largest absolute Gasteiger partial charge is 0.320 e. The highest BCUT2D eigenvalue weighted by atomic mass is 32.2. The molecule has 1 amide bonds. The molecular weight excluding hydrogens is 453 g/mol. The molecule has 4 rings (SSSR count). The van der Waals surface area contributed by atoms with E-state index in [4.69, 9.17) is 0 Å². The molecule has 0 radical (unpaired) electrons. The second-order valence-electron chi connectivity index (χ2n) is 6.76. The van der Waals surface area contributed by atoms with E-state index < -0.39 is 39.4 Å². The normalized spacial score (nSPS) is 17.1. The van der Waals surface area contributed by atoms with E-state index in [2.05, 4.69) is 15.5 Å². The first kappa shape index (κ1) is 21.4. The summed E-state index contributed by atoms with van der Waals surface area (Å²) in [5.41, 5.74) is 0.367. The lowest BCUT2D eigenvalue weighted by Gasteiger charge is -2.22. The smallest absolute Gasteiger partial charge is 0.286 e. The second kappa shape index (κ2) is 8.36. The Morgan fingerprint density at radius 2 is 1.81 bits per heavy atom. The topological polar surface area (TPSA) is 92.3 Å². The van der Waals surface area contributed by atoms with Crippen molar-refractivity contribution in [3.05, 3.63) is 69.9 Å². The maximum absolute atomic E-state index is 13.6. The van der Waals surface area contributed by atoms with Crippen molar-refractivity contribution in [3.63, 3.8) is 0 Å². The Morgan fingerprint density at radius 3 is 2.52 bits per heavy atom. The molecule has 162 valence electrons. The summed E-state index contributed by atoms with van der Waals surface area (Å²) in [5, 5.41) is 10.7. The molecule has 31 heavy (non-hydrogen) atoms. The molecule has 12 heteroatoms. The Morgan fingerprint density at radius 1 is 1.06 bits per heavy atom. The molecule has 3 aromatic rings. The number of carbonyl (C=O) groups is 1. The minimum Gasteiger partial charge on any atom is -0.320 e. The summed E-state index contributed by atoms with van der Waals surface area (Å²) in [4.78, 5) is 12.0. The molecule has 7 nitrogen and oxygen atoms in total. The summed E-state index contributed by atoms with van der Waals surface area (Å²) in [6.45, 7) is 0.169. The van der Waals surface area contributed by atoms with Gasteiger partial charge >= 0.3 is 0 Å². The molecule has 0 aliphatic carbocycles. The van der Waals surface area contributed by atoms with Gasteiger partial charge in [0.1, 0.15) is 10.8 Å². The van der Waals surface area contributed by atoms with Crippen LogP contribution in [0.3, 0.4) is 0 Å². The lowest BCUT2D eigenvalue weighted by Crippen LogP contribution is -2.30. The molecule has 2 aromatic carbocycles. The van der Waals surface area contributed by atoms with Gasteiger partial charge in [-0.1, -0.05) is 11.3 Å². The van der Waals surface area contributed by atoms with Crippen LogP contribution in [0.5, 0.6) is 0 Å². The second-order valence-corrected chi connectivity index (χ2v) is 9.66. The number of aromatic nitrogens is 2. The Balaban J connectivity index is 1.55. The number of benzene rings is 2. The van der Waals surface area contributed by atoms with Crippen LogP contribution in [0, 0.1) is 17.5 Å². The Labute approximate surface area is 179 Å². The van der Waals surface area contributed by atoms with Gasteiger partial charge in [-0.25, -0.2) is 21.6 Å². The monoisotopic (exact) mass is 468 g/mol. The molecule has 0 bridgehead atoms. The molecule has 1 aliphatic rings. The van der Waals surface area contributed by atoms with Crippen LogP contribution in [0.1, 0.15) is 33.7 Å². The maximum Gasteiger partial charge on any atom is 0.286 e. The van der Waals surface area contributed by atoms with E-state index in [0.717, 1.165) is 27.8 Å². The lowest BCUT2D eigenvalue weighted by atomic mass is 10.2. The van der Waals surface area contributed by atoms with Gasteiger partial charge in [0.05, 0.1) is 10.9 Å². The first-order chi connectivity index (χ1) is 14.8. The Bertz CT molecular complexity index is 1230. The van der Waals surface area contributed by atoms with Crippen LogP contribution < -0.4 is 5.32 Å². The highest BCUT2D eigenvalue weighted by Crippen LogP contribution is 2.38. The predicted molar refractivity (Wildman–Crippen MR) is 106 cm³/mol. The number of sulfonamides is 1. The Hall–Kier alpha value is -2.83. The summed E-state index contributed by atoms with van der Waals surface area (Å²) in [6, 6.07) is 6.90. The number of carbonyl (C=O) groups excluding carboxylic acids is 1. The molecule has 1 N–H and O–H groups in total. The summed E-state index contributed by atoms with van der Waals surface area (Å²) in [5.74, 6) is -3.41. The molecule has 1 aromatic heterocycles. The van der Waals surface area contributed by atoms with Crippen LogP contribution in [0.25, 0.3) is 0 Å². The van der Waals surface area contributed by atoms with E-state index in [1.54, 1.807) is 0 Å². The minimum atomic E-state index is -4.11. The van der Waals surface area contributed by atoms with E-state index in [-0.39, 0.29) is 16.4 Å². The van der Waals surface area contributed by atoms with Gasteiger partial charge in [0.2, 0.25) is 15.0 Å². The van der Waals surface area contributed by atoms with Crippen molar-refractivity contribution in [2.24, 2.45) is 0 Å². The molecule has 1 aliphatic heterocycles. The average molecular weight is 468 g/mol. The van der Waals surface area contributed by atoms with Crippen molar-refractivity contribution >= 4 is 33.0 Å². The number of nitrogens with zero attached hydrogens (tertiary/aromatic N) is 3. The maximum atomic E-state index is 13.6. The zero-order chi connectivity index (χ0) is 22.2. The lowest BCUT2D eigenvalue weighted by molar-refractivity contribution is 0.102. The highest BCUT2D eigenvalue weighted by molar-refractivity contribution is 7.89. The number of rotatable bonds is 5.